The largest absolute Gasteiger partial charge is 0.308 e. The van der Waals surface area contributed by atoms with Gasteiger partial charge in [0, 0.05) is 10.6 Å². The fraction of sp³-hybridized carbons (Fsp3) is 0.647. The fourth-order valence-corrected chi connectivity index (χ4v) is 3.47. The van der Waals surface area contributed by atoms with Crippen LogP contribution >= 0.6 is 11.6 Å². The summed E-state index contributed by atoms with van der Waals surface area (Å²) in [5.74, 6) is -0.227. The molecule has 1 aromatic rings. The molecule has 0 amide bonds. The quantitative estimate of drug-likeness (QED) is 0.838. The van der Waals surface area contributed by atoms with Crippen molar-refractivity contribution in [3.8, 4) is 0 Å². The molecule has 118 valence electrons. The lowest BCUT2D eigenvalue weighted by Gasteiger charge is -2.43. The topological polar surface area (TPSA) is 15.3 Å². The van der Waals surface area contributed by atoms with Gasteiger partial charge < -0.3 is 5.32 Å². The van der Waals surface area contributed by atoms with Crippen LogP contribution in [0.15, 0.2) is 18.2 Å². The second-order valence-corrected chi connectivity index (χ2v) is 6.81. The summed E-state index contributed by atoms with van der Waals surface area (Å²) in [4.78, 5) is 2.49. The highest BCUT2D eigenvalue weighted by Crippen LogP contribution is 2.36. The smallest absolute Gasteiger partial charge is 0.123 e. The van der Waals surface area contributed by atoms with Gasteiger partial charge in [-0.3, -0.25) is 4.90 Å². The fourth-order valence-electron chi connectivity index (χ4n) is 3.24. The Balaban J connectivity index is 2.34. The van der Waals surface area contributed by atoms with Crippen LogP contribution in [-0.4, -0.2) is 30.1 Å². The summed E-state index contributed by atoms with van der Waals surface area (Å²) in [6, 6.07) is 4.69. The van der Waals surface area contributed by atoms with Crippen LogP contribution in [0.4, 0.5) is 4.39 Å². The van der Waals surface area contributed by atoms with E-state index in [2.05, 4.69) is 31.0 Å². The highest BCUT2D eigenvalue weighted by Gasteiger charge is 2.38. The average Bonchev–Trinajstić information content (AvgIpc) is 2.97. The third-order valence-electron chi connectivity index (χ3n) is 4.50. The van der Waals surface area contributed by atoms with Crippen molar-refractivity contribution in [1.82, 2.24) is 10.2 Å². The van der Waals surface area contributed by atoms with Crippen LogP contribution in [0, 0.1) is 5.82 Å². The Morgan fingerprint density at radius 3 is 2.62 bits per heavy atom. The molecule has 0 aliphatic carbocycles. The zero-order valence-electron chi connectivity index (χ0n) is 13.3. The van der Waals surface area contributed by atoms with E-state index < -0.39 is 0 Å². The number of hydrogen-bond acceptors (Lipinski definition) is 2. The molecule has 1 aliphatic heterocycles. The van der Waals surface area contributed by atoms with Gasteiger partial charge in [-0.1, -0.05) is 18.5 Å². The maximum atomic E-state index is 13.7. The van der Waals surface area contributed by atoms with Crippen molar-refractivity contribution in [3.63, 3.8) is 0 Å². The molecule has 1 atom stereocenters. The van der Waals surface area contributed by atoms with Crippen molar-refractivity contribution < 1.29 is 4.39 Å². The van der Waals surface area contributed by atoms with E-state index in [0.717, 1.165) is 31.6 Å². The van der Waals surface area contributed by atoms with Crippen LogP contribution in [0.2, 0.25) is 5.02 Å². The highest BCUT2D eigenvalue weighted by molar-refractivity contribution is 6.31. The number of nitrogens with zero attached hydrogens (tertiary/aromatic N) is 1. The number of hydrogen-bond donors (Lipinski definition) is 1. The van der Waals surface area contributed by atoms with Crippen molar-refractivity contribution in [1.29, 1.82) is 0 Å². The number of benzene rings is 1. The molecule has 1 N–H and O–H groups in total. The Labute approximate surface area is 132 Å². The van der Waals surface area contributed by atoms with Crippen LogP contribution < -0.4 is 5.32 Å². The third-order valence-corrected chi connectivity index (χ3v) is 4.84. The first-order chi connectivity index (χ1) is 9.96. The monoisotopic (exact) mass is 312 g/mol. The average molecular weight is 313 g/mol. The van der Waals surface area contributed by atoms with E-state index in [-0.39, 0.29) is 17.4 Å². The molecule has 2 rings (SSSR count). The summed E-state index contributed by atoms with van der Waals surface area (Å²) in [7, 11) is 0. The Bertz CT molecular complexity index is 470. The van der Waals surface area contributed by atoms with Crippen LogP contribution in [0.1, 0.15) is 51.6 Å². The summed E-state index contributed by atoms with van der Waals surface area (Å²) >= 11 is 6.36. The van der Waals surface area contributed by atoms with Crippen molar-refractivity contribution >= 4 is 11.6 Å². The molecule has 2 nitrogen and oxygen atoms in total. The summed E-state index contributed by atoms with van der Waals surface area (Å²) in [6.45, 7) is 9.70. The molecule has 0 bridgehead atoms. The minimum absolute atomic E-state index is 0.0266. The highest BCUT2D eigenvalue weighted by atomic mass is 35.5. The van der Waals surface area contributed by atoms with Gasteiger partial charge in [0.25, 0.3) is 0 Å². The van der Waals surface area contributed by atoms with Gasteiger partial charge in [-0.2, -0.15) is 0 Å². The first kappa shape index (κ1) is 16.7. The van der Waals surface area contributed by atoms with Gasteiger partial charge in [-0.25, -0.2) is 4.39 Å². The van der Waals surface area contributed by atoms with Crippen LogP contribution in [-0.2, 0) is 0 Å². The summed E-state index contributed by atoms with van der Waals surface area (Å²) < 4.78 is 13.7. The molecule has 1 unspecified atom stereocenters. The van der Waals surface area contributed by atoms with E-state index >= 15 is 0 Å². The van der Waals surface area contributed by atoms with Gasteiger partial charge in [0.1, 0.15) is 5.82 Å². The minimum Gasteiger partial charge on any atom is -0.308 e. The van der Waals surface area contributed by atoms with Crippen LogP contribution in [0.3, 0.4) is 0 Å². The predicted octanol–water partition coefficient (Wildman–Crippen LogP) is 4.39. The number of halogens is 2. The second kappa shape index (κ2) is 7.08. The van der Waals surface area contributed by atoms with Crippen molar-refractivity contribution in [2.75, 3.05) is 19.6 Å². The molecule has 0 radical (unpaired) electrons. The Morgan fingerprint density at radius 2 is 2.00 bits per heavy atom. The molecule has 1 saturated heterocycles. The number of rotatable bonds is 6. The summed E-state index contributed by atoms with van der Waals surface area (Å²) in [5, 5.41) is 4.21. The molecule has 1 fully saturated rings. The molecule has 0 spiro atoms. The Morgan fingerprint density at radius 1 is 1.33 bits per heavy atom. The predicted molar refractivity (Wildman–Crippen MR) is 87.3 cm³/mol. The second-order valence-electron chi connectivity index (χ2n) is 6.40. The van der Waals surface area contributed by atoms with E-state index in [0.29, 0.717) is 5.02 Å². The Hall–Kier alpha value is -0.640. The van der Waals surface area contributed by atoms with Gasteiger partial charge in [0.05, 0.1) is 6.04 Å². The van der Waals surface area contributed by atoms with E-state index in [4.69, 9.17) is 11.6 Å². The molecular formula is C17H26ClFN2. The zero-order chi connectivity index (χ0) is 15.5. The molecule has 21 heavy (non-hydrogen) atoms. The van der Waals surface area contributed by atoms with Crippen molar-refractivity contribution in [2.45, 2.75) is 51.6 Å². The Kier molecular flexibility index (Phi) is 5.64. The van der Waals surface area contributed by atoms with Crippen LogP contribution in [0.25, 0.3) is 0 Å². The van der Waals surface area contributed by atoms with Gasteiger partial charge in [-0.05, 0) is 76.5 Å². The molecule has 1 aromatic carbocycles. The van der Waals surface area contributed by atoms with Gasteiger partial charge in [-0.15, -0.1) is 0 Å². The lowest BCUT2D eigenvalue weighted by Crippen LogP contribution is -2.51. The first-order valence-corrected chi connectivity index (χ1v) is 8.28. The summed E-state index contributed by atoms with van der Waals surface area (Å²) in [6.07, 6.45) is 3.52. The molecule has 0 saturated carbocycles. The first-order valence-electron chi connectivity index (χ1n) is 7.90. The normalized spacial score (nSPS) is 18.1. The van der Waals surface area contributed by atoms with Gasteiger partial charge >= 0.3 is 0 Å². The van der Waals surface area contributed by atoms with Gasteiger partial charge in [0.15, 0.2) is 0 Å². The molecule has 0 aromatic heterocycles. The van der Waals surface area contributed by atoms with Crippen molar-refractivity contribution in [2.24, 2.45) is 0 Å². The third kappa shape index (κ3) is 3.77. The van der Waals surface area contributed by atoms with Crippen molar-refractivity contribution in [3.05, 3.63) is 34.6 Å². The maximum absolute atomic E-state index is 13.7. The minimum atomic E-state index is -0.227. The van der Waals surface area contributed by atoms with Crippen LogP contribution in [0.5, 0.6) is 0 Å². The SMILES string of the molecule is CCCNC(c1cc(F)ccc1Cl)C(C)(C)N1CCCC1. The van der Waals surface area contributed by atoms with Gasteiger partial charge in [0.2, 0.25) is 0 Å². The summed E-state index contributed by atoms with van der Waals surface area (Å²) in [5.41, 5.74) is 0.769. The molecular weight excluding hydrogens is 287 g/mol. The zero-order valence-corrected chi connectivity index (χ0v) is 14.0. The molecule has 4 heteroatoms. The molecule has 1 aliphatic rings. The van der Waals surface area contributed by atoms with E-state index in [1.807, 2.05) is 0 Å². The lowest BCUT2D eigenvalue weighted by molar-refractivity contribution is 0.107. The van der Waals surface area contributed by atoms with E-state index in [9.17, 15) is 4.39 Å². The van der Waals surface area contributed by atoms with E-state index in [1.165, 1.54) is 18.9 Å². The van der Waals surface area contributed by atoms with E-state index in [1.54, 1.807) is 12.1 Å². The molecule has 1 heterocycles. The number of likely N-dealkylation sites (tertiary alicyclic amines) is 1. The maximum Gasteiger partial charge on any atom is 0.123 e. The number of nitrogens with one attached hydrogen (secondary N) is 1. The lowest BCUT2D eigenvalue weighted by atomic mass is 9.86. The standard InChI is InChI=1S/C17H26ClFN2/c1-4-9-20-16(14-12-13(19)7-8-15(14)18)17(2,3)21-10-5-6-11-21/h7-8,12,16,20H,4-6,9-11H2,1-3H3.